The zero-order valence-corrected chi connectivity index (χ0v) is 11.4. The summed E-state index contributed by atoms with van der Waals surface area (Å²) < 4.78 is 5.52. The van der Waals surface area contributed by atoms with Gasteiger partial charge in [0.15, 0.2) is 5.78 Å². The summed E-state index contributed by atoms with van der Waals surface area (Å²) in [6, 6.07) is 11.5. The van der Waals surface area contributed by atoms with Crippen molar-refractivity contribution in [1.29, 1.82) is 5.26 Å². The molecule has 0 unspecified atom stereocenters. The number of nitrogens with zero attached hydrogens (tertiary/aromatic N) is 1. The molecule has 4 nitrogen and oxygen atoms in total. The molecule has 1 heterocycles. The summed E-state index contributed by atoms with van der Waals surface area (Å²) in [6.07, 6.45) is 0.786. The lowest BCUT2D eigenvalue weighted by atomic mass is 9.77. The molecule has 0 radical (unpaired) electrons. The number of Topliss-reactive ketones (excluding diaryl/α,β-unsaturated/α-hetero) is 1. The van der Waals surface area contributed by atoms with Gasteiger partial charge in [-0.25, -0.2) is 0 Å². The molecule has 3 rings (SSSR count). The lowest BCUT2D eigenvalue weighted by Gasteiger charge is -2.31. The minimum Gasteiger partial charge on any atom is -0.444 e. The summed E-state index contributed by atoms with van der Waals surface area (Å²) in [5, 5.41) is 9.40. The van der Waals surface area contributed by atoms with E-state index >= 15 is 0 Å². The third-order valence-corrected chi connectivity index (χ3v) is 3.75. The fourth-order valence-corrected chi connectivity index (χ4v) is 2.85. The first kappa shape index (κ1) is 13.2. The smallest absolute Gasteiger partial charge is 0.205 e. The summed E-state index contributed by atoms with van der Waals surface area (Å²) in [6.45, 7) is 3.86. The van der Waals surface area contributed by atoms with Crippen LogP contribution in [0, 0.1) is 11.3 Å². The van der Waals surface area contributed by atoms with Crippen LogP contribution in [0.15, 0.2) is 65.3 Å². The lowest BCUT2D eigenvalue weighted by molar-refractivity contribution is -0.115. The van der Waals surface area contributed by atoms with E-state index < -0.39 is 5.92 Å². The SMILES string of the molecule is C=C1CC(=O)C2=C(C1)OC(N)=C(C#N)[C@@H]2c1ccccc1. The van der Waals surface area contributed by atoms with E-state index in [1.165, 1.54) is 0 Å². The topological polar surface area (TPSA) is 76.1 Å². The highest BCUT2D eigenvalue weighted by molar-refractivity contribution is 6.01. The number of carbonyl (C=O) groups excluding carboxylic acids is 1. The van der Waals surface area contributed by atoms with Gasteiger partial charge in [0.1, 0.15) is 17.4 Å². The van der Waals surface area contributed by atoms with Crippen LogP contribution in [-0.2, 0) is 9.53 Å². The van der Waals surface area contributed by atoms with Gasteiger partial charge in [-0.2, -0.15) is 5.26 Å². The van der Waals surface area contributed by atoms with Crippen molar-refractivity contribution in [3.63, 3.8) is 0 Å². The third-order valence-electron chi connectivity index (χ3n) is 3.75. The molecule has 21 heavy (non-hydrogen) atoms. The van der Waals surface area contributed by atoms with Crippen molar-refractivity contribution in [2.75, 3.05) is 0 Å². The highest BCUT2D eigenvalue weighted by atomic mass is 16.5. The Kier molecular flexibility index (Phi) is 3.11. The van der Waals surface area contributed by atoms with Crippen LogP contribution in [0.1, 0.15) is 24.3 Å². The predicted octanol–water partition coefficient (Wildman–Crippen LogP) is 2.67. The van der Waals surface area contributed by atoms with Gasteiger partial charge in [-0.05, 0) is 5.56 Å². The van der Waals surface area contributed by atoms with Crippen LogP contribution in [0.3, 0.4) is 0 Å². The second kappa shape index (κ2) is 4.95. The Labute approximate surface area is 122 Å². The Hall–Kier alpha value is -2.80. The molecular formula is C17H14N2O2. The van der Waals surface area contributed by atoms with Crippen LogP contribution in [-0.4, -0.2) is 5.78 Å². The van der Waals surface area contributed by atoms with E-state index in [0.29, 0.717) is 29.7 Å². The molecule has 1 aliphatic carbocycles. The highest BCUT2D eigenvalue weighted by Crippen LogP contribution is 2.43. The fourth-order valence-electron chi connectivity index (χ4n) is 2.85. The average Bonchev–Trinajstić information content (AvgIpc) is 2.46. The fraction of sp³-hybridized carbons (Fsp3) is 0.176. The molecule has 0 amide bonds. The third kappa shape index (κ3) is 2.13. The Morgan fingerprint density at radius 3 is 2.67 bits per heavy atom. The van der Waals surface area contributed by atoms with Gasteiger partial charge in [0.05, 0.1) is 5.92 Å². The number of ketones is 1. The number of nitrogens with two attached hydrogens (primary N) is 1. The molecular weight excluding hydrogens is 264 g/mol. The van der Waals surface area contributed by atoms with Crippen LogP contribution in [0.5, 0.6) is 0 Å². The first-order chi connectivity index (χ1) is 10.1. The normalized spacial score (nSPS) is 21.8. The largest absolute Gasteiger partial charge is 0.444 e. The molecule has 0 aromatic heterocycles. The number of rotatable bonds is 1. The van der Waals surface area contributed by atoms with Gasteiger partial charge < -0.3 is 10.5 Å². The minimum absolute atomic E-state index is 0.0460. The van der Waals surface area contributed by atoms with E-state index in [2.05, 4.69) is 12.6 Å². The summed E-state index contributed by atoms with van der Waals surface area (Å²) in [7, 11) is 0. The van der Waals surface area contributed by atoms with Crippen LogP contribution in [0.25, 0.3) is 0 Å². The van der Waals surface area contributed by atoms with Gasteiger partial charge in [0.25, 0.3) is 0 Å². The second-order valence-corrected chi connectivity index (χ2v) is 5.20. The van der Waals surface area contributed by atoms with Crippen molar-refractivity contribution in [1.82, 2.24) is 0 Å². The van der Waals surface area contributed by atoms with Gasteiger partial charge in [0, 0.05) is 18.4 Å². The molecule has 1 aliphatic heterocycles. The van der Waals surface area contributed by atoms with Gasteiger partial charge in [-0.15, -0.1) is 0 Å². The van der Waals surface area contributed by atoms with Gasteiger partial charge >= 0.3 is 0 Å². The number of nitriles is 1. The molecule has 104 valence electrons. The summed E-state index contributed by atoms with van der Waals surface area (Å²) >= 11 is 0. The maximum Gasteiger partial charge on any atom is 0.205 e. The van der Waals surface area contributed by atoms with Crippen molar-refractivity contribution in [3.8, 4) is 6.07 Å². The first-order valence-electron chi connectivity index (χ1n) is 6.67. The van der Waals surface area contributed by atoms with Gasteiger partial charge in [-0.3, -0.25) is 4.79 Å². The number of ether oxygens (including phenoxy) is 1. The van der Waals surface area contributed by atoms with E-state index in [1.807, 2.05) is 30.3 Å². The number of allylic oxidation sites excluding steroid dienone is 3. The quantitative estimate of drug-likeness (QED) is 0.801. The zero-order valence-electron chi connectivity index (χ0n) is 11.4. The predicted molar refractivity (Wildman–Crippen MR) is 77.5 cm³/mol. The van der Waals surface area contributed by atoms with Crippen molar-refractivity contribution < 1.29 is 9.53 Å². The zero-order chi connectivity index (χ0) is 15.0. The Balaban J connectivity index is 2.20. The monoisotopic (exact) mass is 278 g/mol. The van der Waals surface area contributed by atoms with E-state index in [9.17, 15) is 10.1 Å². The first-order valence-corrected chi connectivity index (χ1v) is 6.67. The highest BCUT2D eigenvalue weighted by Gasteiger charge is 2.38. The van der Waals surface area contributed by atoms with Crippen molar-refractivity contribution in [2.45, 2.75) is 18.8 Å². The van der Waals surface area contributed by atoms with E-state index in [4.69, 9.17) is 10.5 Å². The number of hydrogen-bond donors (Lipinski definition) is 1. The summed E-state index contributed by atoms with van der Waals surface area (Å²) in [5.41, 5.74) is 8.38. The molecule has 1 atom stereocenters. The van der Waals surface area contributed by atoms with Crippen LogP contribution < -0.4 is 5.73 Å². The molecule has 4 heteroatoms. The molecule has 0 saturated heterocycles. The van der Waals surface area contributed by atoms with E-state index in [0.717, 1.165) is 11.1 Å². The Morgan fingerprint density at radius 1 is 1.29 bits per heavy atom. The van der Waals surface area contributed by atoms with Crippen molar-refractivity contribution in [3.05, 3.63) is 70.8 Å². The Morgan fingerprint density at radius 2 is 2.00 bits per heavy atom. The minimum atomic E-state index is -0.444. The second-order valence-electron chi connectivity index (χ2n) is 5.20. The average molecular weight is 278 g/mol. The van der Waals surface area contributed by atoms with E-state index in [-0.39, 0.29) is 11.7 Å². The summed E-state index contributed by atoms with van der Waals surface area (Å²) in [4.78, 5) is 12.4. The molecule has 2 aliphatic rings. The molecule has 2 N–H and O–H groups in total. The molecule has 0 spiro atoms. The van der Waals surface area contributed by atoms with Gasteiger partial charge in [-0.1, -0.05) is 42.5 Å². The lowest BCUT2D eigenvalue weighted by Crippen LogP contribution is -2.27. The Bertz CT molecular complexity index is 736. The summed E-state index contributed by atoms with van der Waals surface area (Å²) in [5.74, 6) is 0.116. The van der Waals surface area contributed by atoms with Crippen LogP contribution in [0.2, 0.25) is 0 Å². The van der Waals surface area contributed by atoms with Crippen molar-refractivity contribution >= 4 is 5.78 Å². The van der Waals surface area contributed by atoms with E-state index in [1.54, 1.807) is 0 Å². The standard InChI is InChI=1S/C17H14N2O2/c1-10-7-13(20)16-14(8-10)21-17(19)12(9-18)15(16)11-5-3-2-4-6-11/h2-6,15H,1,7-8,19H2/t15-/m0/s1. The van der Waals surface area contributed by atoms with Crippen LogP contribution >= 0.6 is 0 Å². The number of carbonyl (C=O) groups is 1. The number of hydrogen-bond acceptors (Lipinski definition) is 4. The maximum atomic E-state index is 12.4. The molecule has 0 fully saturated rings. The van der Waals surface area contributed by atoms with Crippen LogP contribution in [0.4, 0.5) is 0 Å². The molecule has 1 aromatic carbocycles. The number of benzene rings is 1. The molecule has 0 saturated carbocycles. The van der Waals surface area contributed by atoms with Gasteiger partial charge in [0.2, 0.25) is 5.88 Å². The maximum absolute atomic E-state index is 12.4. The van der Waals surface area contributed by atoms with Crippen molar-refractivity contribution in [2.24, 2.45) is 5.73 Å². The molecule has 1 aromatic rings. The molecule has 0 bridgehead atoms.